The number of carbonyl (C=O) groups excluding carboxylic acids is 2. The Bertz CT molecular complexity index is 815. The number of nitrogens with zero attached hydrogens (tertiary/aromatic N) is 3. The maximum absolute atomic E-state index is 13.1. The van der Waals surface area contributed by atoms with E-state index in [1.54, 1.807) is 30.5 Å². The molecule has 1 saturated heterocycles. The molecule has 1 fully saturated rings. The van der Waals surface area contributed by atoms with E-state index in [9.17, 15) is 14.9 Å². The minimum absolute atomic E-state index is 0.0411. The van der Waals surface area contributed by atoms with Crippen molar-refractivity contribution in [3.63, 3.8) is 0 Å². The Labute approximate surface area is 166 Å². The van der Waals surface area contributed by atoms with E-state index in [-0.39, 0.29) is 22.7 Å². The highest BCUT2D eigenvalue weighted by atomic mass is 16.2. The first-order valence-electron chi connectivity index (χ1n) is 9.26. The van der Waals surface area contributed by atoms with Crippen LogP contribution in [0.15, 0.2) is 36.0 Å². The van der Waals surface area contributed by atoms with Crippen LogP contribution in [0.3, 0.4) is 0 Å². The molecule has 1 aliphatic rings. The summed E-state index contributed by atoms with van der Waals surface area (Å²) in [7, 11) is 0. The number of hydrogen-bond donors (Lipinski definition) is 2. The number of amides is 2. The predicted octanol–water partition coefficient (Wildman–Crippen LogP) is 2.54. The lowest BCUT2D eigenvalue weighted by atomic mass is 9.77. The molecule has 1 aromatic rings. The molecule has 2 rings (SSSR count). The second-order valence-corrected chi connectivity index (χ2v) is 8.57. The summed E-state index contributed by atoms with van der Waals surface area (Å²) in [6, 6.07) is 8.38. The lowest BCUT2D eigenvalue weighted by molar-refractivity contribution is -0.123. The van der Waals surface area contributed by atoms with Gasteiger partial charge in [0.25, 0.3) is 5.91 Å². The summed E-state index contributed by atoms with van der Waals surface area (Å²) in [5, 5.41) is 9.69. The Morgan fingerprint density at radius 2 is 1.68 bits per heavy atom. The van der Waals surface area contributed by atoms with Crippen molar-refractivity contribution in [1.29, 1.82) is 5.26 Å². The number of anilines is 2. The van der Waals surface area contributed by atoms with E-state index < -0.39 is 11.8 Å². The van der Waals surface area contributed by atoms with E-state index in [1.165, 1.54) is 6.92 Å². The molecule has 2 amide bonds. The number of carbonyl (C=O) groups is 2. The van der Waals surface area contributed by atoms with E-state index in [1.807, 2.05) is 38.7 Å². The van der Waals surface area contributed by atoms with E-state index >= 15 is 0 Å². The minimum Gasteiger partial charge on any atom is -0.399 e. The smallest absolute Gasteiger partial charge is 0.277 e. The van der Waals surface area contributed by atoms with Crippen molar-refractivity contribution in [2.24, 2.45) is 5.73 Å². The van der Waals surface area contributed by atoms with E-state index in [4.69, 9.17) is 11.5 Å². The molecule has 0 radical (unpaired) electrons. The van der Waals surface area contributed by atoms with Crippen molar-refractivity contribution < 1.29 is 9.59 Å². The third kappa shape index (κ3) is 4.34. The fourth-order valence-electron chi connectivity index (χ4n) is 4.17. The van der Waals surface area contributed by atoms with Crippen LogP contribution in [0.2, 0.25) is 0 Å². The van der Waals surface area contributed by atoms with E-state index in [2.05, 4.69) is 0 Å². The molecule has 150 valence electrons. The summed E-state index contributed by atoms with van der Waals surface area (Å²) in [4.78, 5) is 28.3. The molecule has 1 heterocycles. The molecule has 0 aliphatic carbocycles. The molecule has 1 aliphatic heterocycles. The largest absolute Gasteiger partial charge is 0.399 e. The topological polar surface area (TPSA) is 116 Å². The molecule has 0 atom stereocenters. The molecular weight excluding hydrogens is 354 g/mol. The van der Waals surface area contributed by atoms with Gasteiger partial charge in [0.2, 0.25) is 5.91 Å². The molecule has 7 nitrogen and oxygen atoms in total. The number of nitrogens with two attached hydrogens (primary N) is 2. The summed E-state index contributed by atoms with van der Waals surface area (Å²) < 4.78 is 0. The highest BCUT2D eigenvalue weighted by Crippen LogP contribution is 2.38. The van der Waals surface area contributed by atoms with Gasteiger partial charge in [-0.2, -0.15) is 5.26 Å². The van der Waals surface area contributed by atoms with Gasteiger partial charge in [-0.1, -0.05) is 0 Å². The van der Waals surface area contributed by atoms with E-state index in [0.717, 1.165) is 17.7 Å². The van der Waals surface area contributed by atoms with Crippen LogP contribution in [-0.4, -0.2) is 33.8 Å². The van der Waals surface area contributed by atoms with Gasteiger partial charge in [-0.15, -0.1) is 0 Å². The standard InChI is InChI=1S/C21H29N5O2/c1-14(27)26(18-8-6-16(23)7-9-18)19(28)15(12-22)13-25-20(2,3)10-17(24)11-21(25,4)5/h6-9,13,17H,10-11,23-24H2,1-5H3/b15-13-. The Morgan fingerprint density at radius 1 is 1.18 bits per heavy atom. The van der Waals surface area contributed by atoms with Gasteiger partial charge in [-0.05, 0) is 64.8 Å². The molecule has 0 unspecified atom stereocenters. The van der Waals surface area contributed by atoms with Gasteiger partial charge in [0.05, 0.1) is 5.69 Å². The van der Waals surface area contributed by atoms with Crippen LogP contribution in [0.25, 0.3) is 0 Å². The Hall–Kier alpha value is -2.85. The average Bonchev–Trinajstić information content (AvgIpc) is 2.54. The monoisotopic (exact) mass is 383 g/mol. The van der Waals surface area contributed by atoms with Crippen LogP contribution < -0.4 is 16.4 Å². The minimum atomic E-state index is -0.666. The lowest BCUT2D eigenvalue weighted by Gasteiger charge is -2.54. The summed E-state index contributed by atoms with van der Waals surface area (Å²) >= 11 is 0. The number of rotatable bonds is 3. The normalized spacial score (nSPS) is 19.0. The number of imide groups is 1. The molecule has 0 spiro atoms. The zero-order valence-corrected chi connectivity index (χ0v) is 17.2. The van der Waals surface area contributed by atoms with Gasteiger partial charge in [0.15, 0.2) is 0 Å². The van der Waals surface area contributed by atoms with Crippen molar-refractivity contribution >= 4 is 23.2 Å². The van der Waals surface area contributed by atoms with Crippen molar-refractivity contribution in [3.8, 4) is 6.07 Å². The maximum Gasteiger partial charge on any atom is 0.277 e. The third-order valence-electron chi connectivity index (χ3n) is 5.11. The van der Waals surface area contributed by atoms with Crippen LogP contribution in [0.4, 0.5) is 11.4 Å². The average molecular weight is 383 g/mol. The summed E-state index contributed by atoms with van der Waals surface area (Å²) in [5.74, 6) is -1.14. The first-order chi connectivity index (χ1) is 12.9. The molecule has 28 heavy (non-hydrogen) atoms. The number of benzene rings is 1. The molecule has 7 heteroatoms. The number of piperidine rings is 1. The van der Waals surface area contributed by atoms with Gasteiger partial charge in [0.1, 0.15) is 11.6 Å². The van der Waals surface area contributed by atoms with Gasteiger partial charge >= 0.3 is 0 Å². The maximum atomic E-state index is 13.1. The molecule has 0 aromatic heterocycles. The van der Waals surface area contributed by atoms with Gasteiger partial charge in [0, 0.05) is 35.9 Å². The number of nitriles is 1. The summed E-state index contributed by atoms with van der Waals surface area (Å²) in [6.45, 7) is 9.43. The first-order valence-corrected chi connectivity index (χ1v) is 9.26. The van der Waals surface area contributed by atoms with Crippen LogP contribution in [0, 0.1) is 11.3 Å². The molecule has 0 bridgehead atoms. The second-order valence-electron chi connectivity index (χ2n) is 8.57. The number of nitrogen functional groups attached to an aromatic ring is 1. The highest BCUT2D eigenvalue weighted by Gasteiger charge is 2.43. The van der Waals surface area contributed by atoms with E-state index in [0.29, 0.717) is 11.4 Å². The second kappa shape index (κ2) is 7.64. The zero-order valence-electron chi connectivity index (χ0n) is 17.2. The van der Waals surface area contributed by atoms with Gasteiger partial charge in [-0.25, -0.2) is 4.90 Å². The molecule has 4 N–H and O–H groups in total. The van der Waals surface area contributed by atoms with Crippen molar-refractivity contribution in [3.05, 3.63) is 36.0 Å². The highest BCUT2D eigenvalue weighted by molar-refractivity contribution is 6.21. The molecule has 0 saturated carbocycles. The third-order valence-corrected chi connectivity index (χ3v) is 5.11. The lowest BCUT2D eigenvalue weighted by Crippen LogP contribution is -2.61. The van der Waals surface area contributed by atoms with Crippen LogP contribution in [-0.2, 0) is 9.59 Å². The quantitative estimate of drug-likeness (QED) is 0.471. The Morgan fingerprint density at radius 3 is 2.11 bits per heavy atom. The zero-order chi connectivity index (χ0) is 21.3. The van der Waals surface area contributed by atoms with Crippen LogP contribution in [0.1, 0.15) is 47.5 Å². The van der Waals surface area contributed by atoms with Crippen molar-refractivity contribution in [1.82, 2.24) is 4.90 Å². The van der Waals surface area contributed by atoms with Gasteiger partial charge < -0.3 is 16.4 Å². The van der Waals surface area contributed by atoms with Crippen LogP contribution >= 0.6 is 0 Å². The van der Waals surface area contributed by atoms with Crippen molar-refractivity contribution in [2.45, 2.75) is 64.6 Å². The number of hydrogen-bond acceptors (Lipinski definition) is 6. The Kier molecular flexibility index (Phi) is 5.86. The predicted molar refractivity (Wildman–Crippen MR) is 110 cm³/mol. The molecule has 1 aromatic carbocycles. The van der Waals surface area contributed by atoms with Crippen molar-refractivity contribution in [2.75, 3.05) is 10.6 Å². The number of likely N-dealkylation sites (tertiary alicyclic amines) is 1. The fourth-order valence-corrected chi connectivity index (χ4v) is 4.17. The SMILES string of the molecule is CC(=O)N(C(=O)/C(C#N)=C\N1C(C)(C)CC(N)CC1(C)C)c1ccc(N)cc1. The van der Waals surface area contributed by atoms with Crippen LogP contribution in [0.5, 0.6) is 0 Å². The molecular formula is C21H29N5O2. The fraction of sp³-hybridized carbons (Fsp3) is 0.476. The Balaban J connectivity index is 2.47. The summed E-state index contributed by atoms with van der Waals surface area (Å²) in [6.07, 6.45) is 3.03. The summed E-state index contributed by atoms with van der Waals surface area (Å²) in [5.41, 5.74) is 12.0. The first kappa shape index (κ1) is 21.5. The van der Waals surface area contributed by atoms with Gasteiger partial charge in [-0.3, -0.25) is 9.59 Å².